The zero-order valence-electron chi connectivity index (χ0n) is 18.4. The molecule has 34 heavy (non-hydrogen) atoms. The highest BCUT2D eigenvalue weighted by Gasteiger charge is 2.46. The largest absolute Gasteiger partial charge is 0.507 e. The van der Waals surface area contributed by atoms with Crippen LogP contribution in [0.3, 0.4) is 0 Å². The third-order valence-corrected chi connectivity index (χ3v) is 5.77. The number of hydrogen-bond donors (Lipinski definition) is 1. The van der Waals surface area contributed by atoms with E-state index in [2.05, 4.69) is 4.98 Å². The molecule has 0 bridgehead atoms. The molecule has 0 aliphatic carbocycles. The van der Waals surface area contributed by atoms with E-state index in [1.165, 1.54) is 4.90 Å². The van der Waals surface area contributed by atoms with Gasteiger partial charge in [-0.1, -0.05) is 18.2 Å². The van der Waals surface area contributed by atoms with Gasteiger partial charge in [0.1, 0.15) is 11.5 Å². The molecule has 1 saturated heterocycles. The normalized spacial score (nSPS) is 18.4. The Labute approximate surface area is 196 Å². The maximum absolute atomic E-state index is 13.2. The fraction of sp³-hybridized carbons (Fsp3) is 0.192. The van der Waals surface area contributed by atoms with Gasteiger partial charge in [-0.15, -0.1) is 0 Å². The zero-order valence-corrected chi connectivity index (χ0v) is 18.4. The molecule has 0 radical (unpaired) electrons. The van der Waals surface area contributed by atoms with Crippen molar-refractivity contribution in [3.63, 3.8) is 0 Å². The number of amides is 1. The van der Waals surface area contributed by atoms with Gasteiger partial charge in [0.15, 0.2) is 11.5 Å². The SMILES string of the molecule is CCOc1ccc(C2/C(=C(\O)c3ccc4c(c3)OCO4)C(=O)C(=O)N2Cc2cccnc2)cc1. The van der Waals surface area contributed by atoms with Gasteiger partial charge in [0, 0.05) is 24.5 Å². The third kappa shape index (κ3) is 3.83. The minimum absolute atomic E-state index is 0.0110. The molecule has 1 amide bonds. The van der Waals surface area contributed by atoms with Crippen molar-refractivity contribution >= 4 is 17.4 Å². The second kappa shape index (κ2) is 8.90. The molecule has 0 saturated carbocycles. The van der Waals surface area contributed by atoms with Crippen LogP contribution >= 0.6 is 0 Å². The van der Waals surface area contributed by atoms with Crippen LogP contribution in [0.25, 0.3) is 5.76 Å². The summed E-state index contributed by atoms with van der Waals surface area (Å²) < 4.78 is 16.3. The first-order valence-electron chi connectivity index (χ1n) is 10.9. The Hall–Kier alpha value is -4.33. The molecule has 8 heteroatoms. The summed E-state index contributed by atoms with van der Waals surface area (Å²) in [5.41, 5.74) is 1.81. The van der Waals surface area contributed by atoms with E-state index in [1.807, 2.05) is 13.0 Å². The average molecular weight is 458 g/mol. The molecular weight excluding hydrogens is 436 g/mol. The van der Waals surface area contributed by atoms with Crippen LogP contribution in [0.1, 0.15) is 29.7 Å². The number of ketones is 1. The highest BCUT2D eigenvalue weighted by atomic mass is 16.7. The van der Waals surface area contributed by atoms with Crippen molar-refractivity contribution in [3.8, 4) is 17.2 Å². The summed E-state index contributed by atoms with van der Waals surface area (Å²) in [7, 11) is 0. The van der Waals surface area contributed by atoms with E-state index in [4.69, 9.17) is 14.2 Å². The van der Waals surface area contributed by atoms with Crippen molar-refractivity contribution in [3.05, 3.63) is 89.3 Å². The zero-order chi connectivity index (χ0) is 23.7. The third-order valence-electron chi connectivity index (χ3n) is 5.77. The summed E-state index contributed by atoms with van der Waals surface area (Å²) in [6, 6.07) is 14.9. The Morgan fingerprint density at radius 3 is 2.65 bits per heavy atom. The van der Waals surface area contributed by atoms with E-state index >= 15 is 0 Å². The van der Waals surface area contributed by atoms with Gasteiger partial charge in [-0.05, 0) is 54.4 Å². The van der Waals surface area contributed by atoms with E-state index < -0.39 is 17.7 Å². The number of aromatic nitrogens is 1. The molecule has 1 unspecified atom stereocenters. The summed E-state index contributed by atoms with van der Waals surface area (Å²) in [4.78, 5) is 31.9. The van der Waals surface area contributed by atoms with Crippen LogP contribution in [-0.4, -0.2) is 40.1 Å². The number of fused-ring (bicyclic) bond motifs is 1. The monoisotopic (exact) mass is 458 g/mol. The van der Waals surface area contributed by atoms with Crippen LogP contribution < -0.4 is 14.2 Å². The molecule has 3 heterocycles. The number of rotatable bonds is 6. The van der Waals surface area contributed by atoms with Crippen molar-refractivity contribution in [1.29, 1.82) is 0 Å². The minimum atomic E-state index is -0.790. The van der Waals surface area contributed by atoms with Gasteiger partial charge in [-0.3, -0.25) is 14.6 Å². The molecule has 3 aromatic rings. The van der Waals surface area contributed by atoms with Crippen molar-refractivity contribution in [1.82, 2.24) is 9.88 Å². The summed E-state index contributed by atoms with van der Waals surface area (Å²) in [6.07, 6.45) is 3.29. The first-order chi connectivity index (χ1) is 16.6. The number of carbonyl (C=O) groups is 2. The smallest absolute Gasteiger partial charge is 0.295 e. The summed E-state index contributed by atoms with van der Waals surface area (Å²) in [6.45, 7) is 2.65. The van der Waals surface area contributed by atoms with Gasteiger partial charge in [0.05, 0.1) is 18.2 Å². The van der Waals surface area contributed by atoms with Crippen LogP contribution in [0.4, 0.5) is 0 Å². The van der Waals surface area contributed by atoms with E-state index in [0.717, 1.165) is 5.56 Å². The Balaban J connectivity index is 1.61. The fourth-order valence-corrected chi connectivity index (χ4v) is 4.19. The molecular formula is C26H22N2O6. The maximum Gasteiger partial charge on any atom is 0.295 e. The first-order valence-corrected chi connectivity index (χ1v) is 10.9. The molecule has 8 nitrogen and oxygen atoms in total. The number of likely N-dealkylation sites (tertiary alicyclic amines) is 1. The van der Waals surface area contributed by atoms with Gasteiger partial charge >= 0.3 is 0 Å². The lowest BCUT2D eigenvalue weighted by Gasteiger charge is -2.25. The quantitative estimate of drug-likeness (QED) is 0.341. The Bertz CT molecular complexity index is 1270. The second-order valence-electron chi connectivity index (χ2n) is 7.86. The number of ether oxygens (including phenoxy) is 3. The predicted octanol–water partition coefficient (Wildman–Crippen LogP) is 3.83. The lowest BCUT2D eigenvalue weighted by atomic mass is 9.95. The molecule has 1 N–H and O–H groups in total. The van der Waals surface area contributed by atoms with E-state index in [0.29, 0.717) is 35.0 Å². The van der Waals surface area contributed by atoms with Gasteiger partial charge in [0.2, 0.25) is 6.79 Å². The molecule has 2 aliphatic rings. The molecule has 1 fully saturated rings. The van der Waals surface area contributed by atoms with Crippen LogP contribution in [0.5, 0.6) is 17.2 Å². The van der Waals surface area contributed by atoms with Crippen molar-refractivity contribution in [2.24, 2.45) is 0 Å². The molecule has 172 valence electrons. The fourth-order valence-electron chi connectivity index (χ4n) is 4.19. The van der Waals surface area contributed by atoms with Gasteiger partial charge in [-0.25, -0.2) is 0 Å². The number of pyridine rings is 1. The summed E-state index contributed by atoms with van der Waals surface area (Å²) in [5, 5.41) is 11.2. The van der Waals surface area contributed by atoms with Gasteiger partial charge in [0.25, 0.3) is 11.7 Å². The number of carbonyl (C=O) groups excluding carboxylic acids is 2. The second-order valence-corrected chi connectivity index (χ2v) is 7.86. The topological polar surface area (TPSA) is 98.2 Å². The predicted molar refractivity (Wildman–Crippen MR) is 122 cm³/mol. The van der Waals surface area contributed by atoms with E-state index in [1.54, 1.807) is 60.9 Å². The Morgan fingerprint density at radius 2 is 1.91 bits per heavy atom. The number of Topliss-reactive ketones (excluding diaryl/α,β-unsaturated/α-hetero) is 1. The first kappa shape index (κ1) is 21.5. The number of aliphatic hydroxyl groups is 1. The highest BCUT2D eigenvalue weighted by Crippen LogP contribution is 2.42. The van der Waals surface area contributed by atoms with Crippen LogP contribution in [0.2, 0.25) is 0 Å². The van der Waals surface area contributed by atoms with Crippen molar-refractivity contribution < 1.29 is 28.9 Å². The molecule has 0 spiro atoms. The lowest BCUT2D eigenvalue weighted by Crippen LogP contribution is -2.29. The standard InChI is InChI=1S/C26H22N2O6/c1-2-32-19-8-5-17(6-9-19)23-22(24(29)18-7-10-20-21(12-18)34-15-33-20)25(30)26(31)28(23)14-16-4-3-11-27-13-16/h3-13,23,29H,2,14-15H2,1H3/b24-22+. The van der Waals surface area contributed by atoms with Crippen LogP contribution in [-0.2, 0) is 16.1 Å². The number of benzene rings is 2. The highest BCUT2D eigenvalue weighted by molar-refractivity contribution is 6.46. The van der Waals surface area contributed by atoms with Crippen molar-refractivity contribution in [2.75, 3.05) is 13.4 Å². The minimum Gasteiger partial charge on any atom is -0.507 e. The van der Waals surface area contributed by atoms with Crippen LogP contribution in [0.15, 0.2) is 72.6 Å². The molecule has 1 atom stereocenters. The van der Waals surface area contributed by atoms with Gasteiger partial charge < -0.3 is 24.2 Å². The average Bonchev–Trinajstić information content (AvgIpc) is 3.43. The van der Waals surface area contributed by atoms with E-state index in [9.17, 15) is 14.7 Å². The lowest BCUT2D eigenvalue weighted by molar-refractivity contribution is -0.140. The van der Waals surface area contributed by atoms with Crippen LogP contribution in [0, 0.1) is 0 Å². The summed E-state index contributed by atoms with van der Waals surface area (Å²) in [5.74, 6) is -0.0266. The maximum atomic E-state index is 13.2. The number of hydrogen-bond acceptors (Lipinski definition) is 7. The molecule has 1 aromatic heterocycles. The molecule has 2 aliphatic heterocycles. The van der Waals surface area contributed by atoms with Gasteiger partial charge in [-0.2, -0.15) is 0 Å². The number of aliphatic hydroxyl groups excluding tert-OH is 1. The Kier molecular flexibility index (Phi) is 5.63. The summed E-state index contributed by atoms with van der Waals surface area (Å²) >= 11 is 0. The molecule has 5 rings (SSSR count). The Morgan fingerprint density at radius 1 is 1.12 bits per heavy atom. The number of nitrogens with zero attached hydrogens (tertiary/aromatic N) is 2. The van der Waals surface area contributed by atoms with E-state index in [-0.39, 0.29) is 24.7 Å². The van der Waals surface area contributed by atoms with Crippen molar-refractivity contribution in [2.45, 2.75) is 19.5 Å². The molecule has 2 aromatic carbocycles.